The van der Waals surface area contributed by atoms with E-state index in [0.29, 0.717) is 18.0 Å². The van der Waals surface area contributed by atoms with Crippen LogP contribution in [-0.2, 0) is 28.3 Å². The minimum absolute atomic E-state index is 0.0698. The molecular formula is C18H19ClN4O3S2. The van der Waals surface area contributed by atoms with Gasteiger partial charge in [0.1, 0.15) is 0 Å². The number of fused-ring (bicyclic) bond motifs is 1. The zero-order valence-corrected chi connectivity index (χ0v) is 17.4. The first-order chi connectivity index (χ1) is 13.2. The van der Waals surface area contributed by atoms with Crippen molar-refractivity contribution >= 4 is 50.3 Å². The number of aromatic nitrogens is 2. The Kier molecular flexibility index (Phi) is 6.29. The summed E-state index contributed by atoms with van der Waals surface area (Å²) in [6, 6.07) is 11.8. The lowest BCUT2D eigenvalue weighted by molar-refractivity contribution is -0.118. The zero-order valence-electron chi connectivity index (χ0n) is 15.1. The van der Waals surface area contributed by atoms with E-state index in [4.69, 9.17) is 16.7 Å². The SMILES string of the molecule is Cn1c(SCC(=O)NCCc2ccc(S(N)(=O)=O)cc2)nc2cc(Cl)ccc21. The van der Waals surface area contributed by atoms with Crippen LogP contribution in [0.2, 0.25) is 5.02 Å². The molecule has 0 atom stereocenters. The molecule has 0 fully saturated rings. The number of amides is 1. The van der Waals surface area contributed by atoms with Crippen molar-refractivity contribution in [3.8, 4) is 0 Å². The molecule has 0 saturated carbocycles. The van der Waals surface area contributed by atoms with Crippen molar-refractivity contribution < 1.29 is 13.2 Å². The van der Waals surface area contributed by atoms with Gasteiger partial charge in [0.25, 0.3) is 0 Å². The molecule has 0 unspecified atom stereocenters. The maximum atomic E-state index is 12.1. The molecule has 148 valence electrons. The minimum atomic E-state index is -3.69. The van der Waals surface area contributed by atoms with E-state index < -0.39 is 10.0 Å². The van der Waals surface area contributed by atoms with Crippen molar-refractivity contribution in [1.82, 2.24) is 14.9 Å². The number of hydrogen-bond acceptors (Lipinski definition) is 5. The summed E-state index contributed by atoms with van der Waals surface area (Å²) in [5.74, 6) is 0.145. The number of thioether (sulfide) groups is 1. The lowest BCUT2D eigenvalue weighted by atomic mass is 10.1. The molecular weight excluding hydrogens is 420 g/mol. The van der Waals surface area contributed by atoms with Crippen molar-refractivity contribution in [2.75, 3.05) is 12.3 Å². The van der Waals surface area contributed by atoms with Crippen LogP contribution in [-0.4, -0.2) is 36.2 Å². The summed E-state index contributed by atoms with van der Waals surface area (Å²) in [4.78, 5) is 16.7. The van der Waals surface area contributed by atoms with E-state index in [1.54, 1.807) is 18.2 Å². The molecule has 0 aliphatic heterocycles. The molecule has 2 aromatic carbocycles. The number of hydrogen-bond donors (Lipinski definition) is 2. The molecule has 0 aliphatic rings. The van der Waals surface area contributed by atoms with Crippen molar-refractivity contribution in [1.29, 1.82) is 0 Å². The Bertz CT molecular complexity index is 1110. The molecule has 0 spiro atoms. The fourth-order valence-electron chi connectivity index (χ4n) is 2.65. The highest BCUT2D eigenvalue weighted by molar-refractivity contribution is 7.99. The molecule has 1 aromatic heterocycles. The molecule has 0 radical (unpaired) electrons. The van der Waals surface area contributed by atoms with Crippen molar-refractivity contribution in [3.63, 3.8) is 0 Å². The second-order valence-electron chi connectivity index (χ2n) is 6.16. The van der Waals surface area contributed by atoms with Crippen LogP contribution in [0.1, 0.15) is 5.56 Å². The van der Waals surface area contributed by atoms with Crippen molar-refractivity contribution in [2.45, 2.75) is 16.5 Å². The van der Waals surface area contributed by atoms with Gasteiger partial charge in [0.15, 0.2) is 5.16 Å². The van der Waals surface area contributed by atoms with Gasteiger partial charge in [-0.15, -0.1) is 0 Å². The first kappa shape index (κ1) is 20.7. The van der Waals surface area contributed by atoms with E-state index in [2.05, 4.69) is 10.3 Å². The summed E-state index contributed by atoms with van der Waals surface area (Å²) in [6.07, 6.45) is 0.589. The van der Waals surface area contributed by atoms with Gasteiger partial charge in [0.05, 0.1) is 21.7 Å². The summed E-state index contributed by atoms with van der Waals surface area (Å²) < 4.78 is 24.4. The number of carbonyl (C=O) groups excluding carboxylic acids is 1. The Morgan fingerprint density at radius 2 is 1.96 bits per heavy atom. The molecule has 28 heavy (non-hydrogen) atoms. The average Bonchev–Trinajstić information content (AvgIpc) is 2.94. The Morgan fingerprint density at radius 1 is 1.25 bits per heavy atom. The summed E-state index contributed by atoms with van der Waals surface area (Å²) >= 11 is 7.34. The van der Waals surface area contributed by atoms with Gasteiger partial charge in [-0.1, -0.05) is 35.5 Å². The number of benzene rings is 2. The van der Waals surface area contributed by atoms with Gasteiger partial charge in [-0.05, 0) is 42.3 Å². The number of halogens is 1. The summed E-state index contributed by atoms with van der Waals surface area (Å²) in [5.41, 5.74) is 2.66. The number of primary sulfonamides is 1. The molecule has 0 aliphatic carbocycles. The lowest BCUT2D eigenvalue weighted by Gasteiger charge is -2.06. The van der Waals surface area contributed by atoms with Gasteiger partial charge in [0, 0.05) is 18.6 Å². The van der Waals surface area contributed by atoms with Crippen LogP contribution in [0.3, 0.4) is 0 Å². The van der Waals surface area contributed by atoms with Crippen molar-refractivity contribution in [2.24, 2.45) is 12.2 Å². The Labute approximate surface area is 172 Å². The summed E-state index contributed by atoms with van der Waals surface area (Å²) in [6.45, 7) is 0.451. The zero-order chi connectivity index (χ0) is 20.3. The second kappa shape index (κ2) is 8.52. The van der Waals surface area contributed by atoms with Crippen LogP contribution in [0.5, 0.6) is 0 Å². The fraction of sp³-hybridized carbons (Fsp3) is 0.222. The average molecular weight is 439 g/mol. The highest BCUT2D eigenvalue weighted by atomic mass is 35.5. The van der Waals surface area contributed by atoms with Gasteiger partial charge in [-0.25, -0.2) is 18.5 Å². The number of nitrogens with two attached hydrogens (primary N) is 1. The molecule has 3 N–H and O–H groups in total. The molecule has 1 heterocycles. The minimum Gasteiger partial charge on any atom is -0.355 e. The Hall–Kier alpha value is -2.07. The first-order valence-corrected chi connectivity index (χ1v) is 11.3. The first-order valence-electron chi connectivity index (χ1n) is 8.37. The number of nitrogens with zero attached hydrogens (tertiary/aromatic N) is 2. The Morgan fingerprint density at radius 3 is 2.64 bits per heavy atom. The number of rotatable bonds is 7. The van der Waals surface area contributed by atoms with E-state index in [1.165, 1.54) is 23.9 Å². The maximum absolute atomic E-state index is 12.1. The number of aryl methyl sites for hydroxylation is 1. The van der Waals surface area contributed by atoms with Crippen LogP contribution in [0, 0.1) is 0 Å². The Balaban J connectivity index is 1.49. The van der Waals surface area contributed by atoms with E-state index in [1.807, 2.05) is 23.7 Å². The van der Waals surface area contributed by atoms with Crippen LogP contribution in [0.25, 0.3) is 11.0 Å². The van der Waals surface area contributed by atoms with Crippen LogP contribution >= 0.6 is 23.4 Å². The molecule has 0 bridgehead atoms. The van der Waals surface area contributed by atoms with Gasteiger partial charge in [-0.3, -0.25) is 4.79 Å². The monoisotopic (exact) mass is 438 g/mol. The quantitative estimate of drug-likeness (QED) is 0.550. The van der Waals surface area contributed by atoms with E-state index >= 15 is 0 Å². The maximum Gasteiger partial charge on any atom is 0.238 e. The van der Waals surface area contributed by atoms with Gasteiger partial charge >= 0.3 is 0 Å². The largest absolute Gasteiger partial charge is 0.355 e. The predicted molar refractivity (Wildman–Crippen MR) is 111 cm³/mol. The van der Waals surface area contributed by atoms with E-state index in [-0.39, 0.29) is 16.6 Å². The highest BCUT2D eigenvalue weighted by Crippen LogP contribution is 2.24. The smallest absolute Gasteiger partial charge is 0.238 e. The predicted octanol–water partition coefficient (Wildman–Crippen LogP) is 2.33. The molecule has 0 saturated heterocycles. The standard InChI is InChI=1S/C18H19ClN4O3S2/c1-23-16-7-4-13(19)10-15(16)22-18(23)27-11-17(24)21-9-8-12-2-5-14(6-3-12)28(20,25)26/h2-7,10H,8-9,11H2,1H3,(H,21,24)(H2,20,25,26). The van der Waals surface area contributed by atoms with Gasteiger partial charge in [0.2, 0.25) is 15.9 Å². The highest BCUT2D eigenvalue weighted by Gasteiger charge is 2.11. The topological polar surface area (TPSA) is 107 Å². The molecule has 3 rings (SSSR count). The van der Waals surface area contributed by atoms with Gasteiger partial charge < -0.3 is 9.88 Å². The fourth-order valence-corrected chi connectivity index (χ4v) is 4.15. The normalized spacial score (nSPS) is 11.7. The molecule has 7 nitrogen and oxygen atoms in total. The van der Waals surface area contributed by atoms with Crippen molar-refractivity contribution in [3.05, 3.63) is 53.1 Å². The van der Waals surface area contributed by atoms with Crippen LogP contribution in [0.15, 0.2) is 52.5 Å². The van der Waals surface area contributed by atoms with E-state index in [0.717, 1.165) is 21.8 Å². The number of imidazole rings is 1. The molecule has 10 heteroatoms. The van der Waals surface area contributed by atoms with Gasteiger partial charge in [-0.2, -0.15) is 0 Å². The summed E-state index contributed by atoms with van der Waals surface area (Å²) in [7, 11) is -1.79. The number of carbonyl (C=O) groups is 1. The number of sulfonamides is 1. The number of nitrogens with one attached hydrogen (secondary N) is 1. The third kappa shape index (κ3) is 5.05. The molecule has 1 amide bonds. The van der Waals surface area contributed by atoms with Crippen LogP contribution in [0.4, 0.5) is 0 Å². The third-order valence-corrected chi connectivity index (χ3v) is 6.32. The van der Waals surface area contributed by atoms with E-state index in [9.17, 15) is 13.2 Å². The lowest BCUT2D eigenvalue weighted by Crippen LogP contribution is -2.27. The second-order valence-corrected chi connectivity index (χ2v) is 9.10. The third-order valence-electron chi connectivity index (χ3n) is 4.12. The van der Waals surface area contributed by atoms with Crippen LogP contribution < -0.4 is 10.5 Å². The summed E-state index contributed by atoms with van der Waals surface area (Å²) in [5, 5.41) is 9.28. The molecule has 3 aromatic rings.